The number of hydrogen-bond acceptors (Lipinski definition) is 4. The van der Waals surface area contributed by atoms with Crippen LogP contribution in [0.5, 0.6) is 0 Å². The van der Waals surface area contributed by atoms with Gasteiger partial charge in [-0.25, -0.2) is 0 Å². The van der Waals surface area contributed by atoms with Gasteiger partial charge in [0, 0.05) is 37.8 Å². The number of thioether (sulfide) groups is 2. The molecule has 1 saturated heterocycles. The number of thiophene rings is 1. The Morgan fingerprint density at radius 2 is 1.95 bits per heavy atom. The molecule has 4 heteroatoms. The standard InChI is InChI=1S/C16H27NS3/c1-4-8-17-15(16-12(3)18-9-10-19-16)11-14-7-6-13(5-2)20-14/h6-7,12,15-17H,4-5,8-11H2,1-3H3. The van der Waals surface area contributed by atoms with Crippen LogP contribution in [0.4, 0.5) is 0 Å². The highest BCUT2D eigenvalue weighted by molar-refractivity contribution is 8.07. The van der Waals surface area contributed by atoms with E-state index in [-0.39, 0.29) is 0 Å². The van der Waals surface area contributed by atoms with Crippen molar-refractivity contribution in [3.8, 4) is 0 Å². The zero-order chi connectivity index (χ0) is 14.4. The molecular weight excluding hydrogens is 302 g/mol. The smallest absolute Gasteiger partial charge is 0.0321 e. The summed E-state index contributed by atoms with van der Waals surface area (Å²) < 4.78 is 0. The quantitative estimate of drug-likeness (QED) is 0.793. The molecule has 0 spiro atoms. The van der Waals surface area contributed by atoms with Crippen molar-refractivity contribution in [1.82, 2.24) is 5.32 Å². The first-order valence-electron chi connectivity index (χ1n) is 7.78. The average molecular weight is 330 g/mol. The second-order valence-electron chi connectivity index (χ2n) is 5.40. The van der Waals surface area contributed by atoms with Gasteiger partial charge in [0.1, 0.15) is 0 Å². The van der Waals surface area contributed by atoms with E-state index in [1.54, 1.807) is 4.88 Å². The molecule has 1 aromatic heterocycles. The van der Waals surface area contributed by atoms with Crippen LogP contribution in [0, 0.1) is 0 Å². The summed E-state index contributed by atoms with van der Waals surface area (Å²) in [6, 6.07) is 5.28. The normalized spacial score (nSPS) is 24.8. The van der Waals surface area contributed by atoms with E-state index in [2.05, 4.69) is 61.7 Å². The van der Waals surface area contributed by atoms with Crippen LogP contribution >= 0.6 is 34.9 Å². The van der Waals surface area contributed by atoms with Gasteiger partial charge in [-0.3, -0.25) is 0 Å². The first kappa shape index (κ1) is 16.7. The van der Waals surface area contributed by atoms with Crippen molar-refractivity contribution in [1.29, 1.82) is 0 Å². The van der Waals surface area contributed by atoms with Gasteiger partial charge in [-0.2, -0.15) is 23.5 Å². The molecule has 0 saturated carbocycles. The Balaban J connectivity index is 2.01. The van der Waals surface area contributed by atoms with E-state index in [0.29, 0.717) is 6.04 Å². The minimum Gasteiger partial charge on any atom is -0.312 e. The van der Waals surface area contributed by atoms with Gasteiger partial charge >= 0.3 is 0 Å². The molecule has 0 radical (unpaired) electrons. The molecule has 3 unspecified atom stereocenters. The Morgan fingerprint density at radius 3 is 2.60 bits per heavy atom. The van der Waals surface area contributed by atoms with Gasteiger partial charge in [0.15, 0.2) is 0 Å². The van der Waals surface area contributed by atoms with E-state index in [1.807, 2.05) is 11.3 Å². The van der Waals surface area contributed by atoms with Crippen LogP contribution in [-0.4, -0.2) is 34.6 Å². The minimum atomic E-state index is 0.631. The van der Waals surface area contributed by atoms with Crippen LogP contribution in [0.1, 0.15) is 36.9 Å². The van der Waals surface area contributed by atoms with E-state index >= 15 is 0 Å². The van der Waals surface area contributed by atoms with E-state index in [4.69, 9.17) is 0 Å². The van der Waals surface area contributed by atoms with E-state index in [1.165, 1.54) is 35.6 Å². The SMILES string of the molecule is CCCNC(Cc1ccc(CC)s1)C1SCCSC1C. The summed E-state index contributed by atoms with van der Waals surface area (Å²) in [5.41, 5.74) is 0. The van der Waals surface area contributed by atoms with Gasteiger partial charge in [-0.05, 0) is 37.9 Å². The third-order valence-electron chi connectivity index (χ3n) is 3.78. The summed E-state index contributed by atoms with van der Waals surface area (Å²) in [7, 11) is 0. The molecule has 1 aromatic rings. The zero-order valence-corrected chi connectivity index (χ0v) is 15.3. The fourth-order valence-electron chi connectivity index (χ4n) is 2.66. The second kappa shape index (κ2) is 8.72. The first-order valence-corrected chi connectivity index (χ1v) is 10.7. The van der Waals surface area contributed by atoms with Crippen molar-refractivity contribution in [3.05, 3.63) is 21.9 Å². The fraction of sp³-hybridized carbons (Fsp3) is 0.750. The molecule has 1 aliphatic heterocycles. The van der Waals surface area contributed by atoms with Gasteiger partial charge in [0.2, 0.25) is 0 Å². The van der Waals surface area contributed by atoms with Gasteiger partial charge < -0.3 is 5.32 Å². The van der Waals surface area contributed by atoms with Crippen molar-refractivity contribution in [3.63, 3.8) is 0 Å². The molecule has 0 amide bonds. The molecule has 1 nitrogen and oxygen atoms in total. The van der Waals surface area contributed by atoms with Crippen molar-refractivity contribution in [2.24, 2.45) is 0 Å². The molecule has 114 valence electrons. The molecule has 1 aliphatic rings. The third-order valence-corrected chi connectivity index (χ3v) is 8.28. The predicted molar refractivity (Wildman–Crippen MR) is 97.6 cm³/mol. The van der Waals surface area contributed by atoms with Crippen LogP contribution in [0.25, 0.3) is 0 Å². The number of aryl methyl sites for hydroxylation is 1. The van der Waals surface area contributed by atoms with Gasteiger partial charge in [-0.15, -0.1) is 11.3 Å². The van der Waals surface area contributed by atoms with Gasteiger partial charge in [0.25, 0.3) is 0 Å². The maximum absolute atomic E-state index is 3.82. The zero-order valence-electron chi connectivity index (χ0n) is 12.9. The lowest BCUT2D eigenvalue weighted by Gasteiger charge is -2.35. The summed E-state index contributed by atoms with van der Waals surface area (Å²) in [5.74, 6) is 2.64. The van der Waals surface area contributed by atoms with Crippen molar-refractivity contribution in [2.75, 3.05) is 18.1 Å². The maximum Gasteiger partial charge on any atom is 0.0321 e. The number of rotatable bonds is 7. The predicted octanol–water partition coefficient (Wildman–Crippen LogP) is 4.46. The van der Waals surface area contributed by atoms with E-state index in [9.17, 15) is 0 Å². The van der Waals surface area contributed by atoms with E-state index in [0.717, 1.165) is 17.0 Å². The Kier molecular flexibility index (Phi) is 7.29. The lowest BCUT2D eigenvalue weighted by molar-refractivity contribution is 0.489. The molecule has 2 rings (SSSR count). The Hall–Kier alpha value is 0.360. The molecule has 3 atom stereocenters. The molecule has 0 aromatic carbocycles. The average Bonchev–Trinajstić information content (AvgIpc) is 2.92. The third kappa shape index (κ3) is 4.69. The first-order chi connectivity index (χ1) is 9.74. The highest BCUT2D eigenvalue weighted by Gasteiger charge is 2.30. The second-order valence-corrected chi connectivity index (χ2v) is 9.42. The van der Waals surface area contributed by atoms with Crippen LogP contribution < -0.4 is 5.32 Å². The Labute approximate surface area is 136 Å². The largest absolute Gasteiger partial charge is 0.312 e. The van der Waals surface area contributed by atoms with Crippen molar-refractivity contribution in [2.45, 2.75) is 56.6 Å². The molecular formula is C16H27NS3. The molecule has 0 bridgehead atoms. The molecule has 20 heavy (non-hydrogen) atoms. The Bertz CT molecular complexity index is 391. The Morgan fingerprint density at radius 1 is 1.20 bits per heavy atom. The monoisotopic (exact) mass is 329 g/mol. The molecule has 1 N–H and O–H groups in total. The summed E-state index contributed by atoms with van der Waals surface area (Å²) in [6.45, 7) is 8.06. The van der Waals surface area contributed by atoms with Gasteiger partial charge in [0.05, 0.1) is 0 Å². The number of hydrogen-bond donors (Lipinski definition) is 1. The van der Waals surface area contributed by atoms with Crippen LogP contribution in [-0.2, 0) is 12.8 Å². The fourth-order valence-corrected chi connectivity index (χ4v) is 6.64. The summed E-state index contributed by atoms with van der Waals surface area (Å²) in [4.78, 5) is 3.08. The van der Waals surface area contributed by atoms with E-state index < -0.39 is 0 Å². The van der Waals surface area contributed by atoms with Crippen molar-refractivity contribution < 1.29 is 0 Å². The molecule has 1 fully saturated rings. The van der Waals surface area contributed by atoms with Gasteiger partial charge in [-0.1, -0.05) is 20.8 Å². The lowest BCUT2D eigenvalue weighted by atomic mass is 10.1. The highest BCUT2D eigenvalue weighted by atomic mass is 32.2. The van der Waals surface area contributed by atoms with Crippen LogP contribution in [0.15, 0.2) is 12.1 Å². The maximum atomic E-state index is 3.82. The van der Waals surface area contributed by atoms with Crippen LogP contribution in [0.2, 0.25) is 0 Å². The summed E-state index contributed by atoms with van der Waals surface area (Å²) in [6.07, 6.45) is 3.59. The topological polar surface area (TPSA) is 12.0 Å². The summed E-state index contributed by atoms with van der Waals surface area (Å²) >= 11 is 6.34. The highest BCUT2D eigenvalue weighted by Crippen LogP contribution is 2.34. The minimum absolute atomic E-state index is 0.631. The van der Waals surface area contributed by atoms with Crippen molar-refractivity contribution >= 4 is 34.9 Å². The summed E-state index contributed by atoms with van der Waals surface area (Å²) in [5, 5.41) is 5.35. The molecule has 2 heterocycles. The lowest BCUT2D eigenvalue weighted by Crippen LogP contribution is -2.45. The number of nitrogens with one attached hydrogen (secondary N) is 1. The van der Waals surface area contributed by atoms with Crippen LogP contribution in [0.3, 0.4) is 0 Å². The molecule has 0 aliphatic carbocycles.